The fourth-order valence-corrected chi connectivity index (χ4v) is 4.07. The highest BCUT2D eigenvalue weighted by Gasteiger charge is 2.56. The van der Waals surface area contributed by atoms with Crippen LogP contribution in [0.3, 0.4) is 0 Å². The Morgan fingerprint density at radius 3 is 2.39 bits per heavy atom. The minimum Gasteiger partial charge on any atom is -0.496 e. The summed E-state index contributed by atoms with van der Waals surface area (Å²) in [5.74, 6) is -2.44. The maximum atomic E-state index is 10.9. The first kappa shape index (κ1) is 19.9. The smallest absolute Gasteiger partial charge is 0.228 e. The van der Waals surface area contributed by atoms with Gasteiger partial charge in [-0.25, -0.2) is 0 Å². The molecule has 1 heterocycles. The Morgan fingerprint density at radius 2 is 1.81 bits per heavy atom. The third-order valence-corrected chi connectivity index (χ3v) is 6.06. The fourth-order valence-electron chi connectivity index (χ4n) is 3.85. The average Bonchev–Trinajstić information content (AvgIpc) is 2.79. The molecule has 7 nitrogen and oxygen atoms in total. The maximum Gasteiger partial charge on any atom is 0.228 e. The third-order valence-electron chi connectivity index (χ3n) is 5.71. The lowest BCUT2D eigenvalue weighted by molar-refractivity contribution is -0.366. The van der Waals surface area contributed by atoms with Crippen LogP contribution >= 0.6 is 11.6 Å². The molecule has 170 valence electrons. The molecule has 31 heavy (non-hydrogen) atoms. The Morgan fingerprint density at radius 1 is 1.13 bits per heavy atom. The SMILES string of the molecule is [2H]C([2H])([2H])Oc1cc(Cl)c(Cc2ccc(CC)cc2)cc1[C@]1(OC)O[C@H](CO)[C@@H](O)[C@H](O)[C@H]1O. The van der Waals surface area contributed by atoms with Crippen LogP contribution in [0.15, 0.2) is 36.4 Å². The first-order valence-corrected chi connectivity index (χ1v) is 10.3. The van der Waals surface area contributed by atoms with Crippen LogP contribution in [0.1, 0.15) is 33.3 Å². The number of ether oxygens (including phenoxy) is 3. The summed E-state index contributed by atoms with van der Waals surface area (Å²) in [6, 6.07) is 10.6. The normalized spacial score (nSPS) is 30.4. The van der Waals surface area contributed by atoms with Gasteiger partial charge in [-0.2, -0.15) is 0 Å². The van der Waals surface area contributed by atoms with E-state index in [1.807, 2.05) is 31.2 Å². The lowest BCUT2D eigenvalue weighted by Gasteiger charge is -2.48. The summed E-state index contributed by atoms with van der Waals surface area (Å²) in [4.78, 5) is 0. The first-order chi connectivity index (χ1) is 16.0. The largest absolute Gasteiger partial charge is 0.496 e. The Kier molecular flexibility index (Phi) is 6.32. The molecular weight excluding hydrogens is 424 g/mol. The highest BCUT2D eigenvalue weighted by atomic mass is 35.5. The zero-order chi connectivity index (χ0) is 25.3. The first-order valence-electron chi connectivity index (χ1n) is 11.4. The number of benzene rings is 2. The zero-order valence-corrected chi connectivity index (χ0v) is 18.0. The predicted molar refractivity (Wildman–Crippen MR) is 115 cm³/mol. The molecule has 1 aliphatic heterocycles. The van der Waals surface area contributed by atoms with Gasteiger partial charge < -0.3 is 34.6 Å². The van der Waals surface area contributed by atoms with Gasteiger partial charge in [0.05, 0.1) is 23.3 Å². The Labute approximate surface area is 191 Å². The summed E-state index contributed by atoms with van der Waals surface area (Å²) in [6.45, 7) is 1.35. The molecule has 0 radical (unpaired) electrons. The van der Waals surface area contributed by atoms with Crippen molar-refractivity contribution in [2.24, 2.45) is 0 Å². The Balaban J connectivity index is 2.15. The van der Waals surface area contributed by atoms with Crippen molar-refractivity contribution in [2.75, 3.05) is 20.8 Å². The number of methoxy groups -OCH3 is 2. The molecule has 0 saturated carbocycles. The molecule has 8 heteroatoms. The topological polar surface area (TPSA) is 109 Å². The molecule has 2 aromatic carbocycles. The van der Waals surface area contributed by atoms with E-state index in [1.165, 1.54) is 19.2 Å². The molecule has 0 bridgehead atoms. The molecule has 2 aromatic rings. The van der Waals surface area contributed by atoms with Gasteiger partial charge in [-0.15, -0.1) is 0 Å². The molecule has 1 fully saturated rings. The summed E-state index contributed by atoms with van der Waals surface area (Å²) < 4.78 is 39.0. The van der Waals surface area contributed by atoms with Crippen molar-refractivity contribution >= 4 is 11.6 Å². The van der Waals surface area contributed by atoms with E-state index in [0.717, 1.165) is 17.5 Å². The minimum atomic E-state index is -2.88. The zero-order valence-electron chi connectivity index (χ0n) is 20.3. The molecule has 0 amide bonds. The average molecular weight is 456 g/mol. The molecule has 1 saturated heterocycles. The van der Waals surface area contributed by atoms with E-state index < -0.39 is 43.8 Å². The van der Waals surface area contributed by atoms with E-state index in [-0.39, 0.29) is 16.3 Å². The molecule has 4 N–H and O–H groups in total. The second kappa shape index (κ2) is 9.83. The van der Waals surface area contributed by atoms with E-state index in [2.05, 4.69) is 0 Å². The van der Waals surface area contributed by atoms with Crippen molar-refractivity contribution in [3.05, 3.63) is 63.7 Å². The third kappa shape index (κ3) is 4.45. The molecule has 0 spiro atoms. The van der Waals surface area contributed by atoms with Gasteiger partial charge >= 0.3 is 0 Å². The number of rotatable bonds is 7. The van der Waals surface area contributed by atoms with Gasteiger partial charge in [0.25, 0.3) is 0 Å². The van der Waals surface area contributed by atoms with Gasteiger partial charge in [0.15, 0.2) is 0 Å². The molecular formula is C23H29ClO7. The van der Waals surface area contributed by atoms with Crippen molar-refractivity contribution in [2.45, 2.75) is 50.0 Å². The lowest BCUT2D eigenvalue weighted by Crippen LogP contribution is -2.64. The van der Waals surface area contributed by atoms with Gasteiger partial charge in [-0.05, 0) is 41.7 Å². The summed E-state index contributed by atoms with van der Waals surface area (Å²) in [6.07, 6.45) is -5.33. The number of aliphatic hydroxyl groups excluding tert-OH is 4. The molecule has 1 aliphatic rings. The van der Waals surface area contributed by atoms with E-state index >= 15 is 0 Å². The lowest BCUT2D eigenvalue weighted by atomic mass is 9.86. The highest BCUT2D eigenvalue weighted by molar-refractivity contribution is 6.31. The van der Waals surface area contributed by atoms with Crippen LogP contribution in [0, 0.1) is 0 Å². The maximum absolute atomic E-state index is 10.9. The van der Waals surface area contributed by atoms with Crippen molar-refractivity contribution in [1.29, 1.82) is 0 Å². The molecule has 0 aromatic heterocycles. The summed E-state index contributed by atoms with van der Waals surface area (Å²) in [5.41, 5.74) is 2.58. The Bertz CT molecular complexity index is 984. The van der Waals surface area contributed by atoms with Gasteiger partial charge in [0.2, 0.25) is 5.79 Å². The van der Waals surface area contributed by atoms with Crippen molar-refractivity contribution in [3.63, 3.8) is 0 Å². The second-order valence-electron chi connectivity index (χ2n) is 7.53. The van der Waals surface area contributed by atoms with Crippen LogP contribution in [-0.4, -0.2) is 65.6 Å². The van der Waals surface area contributed by atoms with Crippen LogP contribution in [0.25, 0.3) is 0 Å². The van der Waals surface area contributed by atoms with Gasteiger partial charge in [0.1, 0.15) is 30.2 Å². The summed E-state index contributed by atoms with van der Waals surface area (Å²) in [7, 11) is -1.70. The molecule has 0 aliphatic carbocycles. The number of halogens is 1. The van der Waals surface area contributed by atoms with Crippen molar-refractivity contribution in [1.82, 2.24) is 0 Å². The quantitative estimate of drug-likeness (QED) is 0.504. The van der Waals surface area contributed by atoms with E-state index in [4.69, 9.17) is 29.9 Å². The van der Waals surface area contributed by atoms with Gasteiger partial charge in [-0.1, -0.05) is 42.8 Å². The summed E-state index contributed by atoms with van der Waals surface area (Å²) in [5, 5.41) is 41.4. The summed E-state index contributed by atoms with van der Waals surface area (Å²) >= 11 is 6.47. The number of hydrogen-bond acceptors (Lipinski definition) is 7. The van der Waals surface area contributed by atoms with Crippen molar-refractivity contribution < 1.29 is 38.7 Å². The Hall–Kier alpha value is -1.71. The number of aliphatic hydroxyl groups is 4. The molecule has 3 rings (SSSR count). The molecule has 0 unspecified atom stereocenters. The van der Waals surface area contributed by atoms with Crippen LogP contribution in [-0.2, 0) is 28.1 Å². The minimum absolute atomic E-state index is 0.0624. The molecule has 5 atom stereocenters. The monoisotopic (exact) mass is 455 g/mol. The van der Waals surface area contributed by atoms with Gasteiger partial charge in [0, 0.05) is 12.1 Å². The van der Waals surface area contributed by atoms with E-state index in [9.17, 15) is 20.4 Å². The van der Waals surface area contributed by atoms with E-state index in [1.54, 1.807) is 0 Å². The predicted octanol–water partition coefficient (Wildman–Crippen LogP) is 1.77. The van der Waals surface area contributed by atoms with Crippen molar-refractivity contribution in [3.8, 4) is 5.75 Å². The second-order valence-corrected chi connectivity index (χ2v) is 7.93. The highest BCUT2D eigenvalue weighted by Crippen LogP contribution is 2.44. The van der Waals surface area contributed by atoms with Crippen LogP contribution in [0.4, 0.5) is 0 Å². The van der Waals surface area contributed by atoms with Crippen LogP contribution in [0.5, 0.6) is 5.75 Å². The standard InChI is InChI=1S/C23H29ClO7/c1-4-13-5-7-14(8-6-13)9-15-10-16(18(29-2)11-17(15)24)23(30-3)22(28)21(27)20(26)19(12-25)31-23/h5-8,10-11,19-22,25-28H,4,9,12H2,1-3H3/t19-,20-,21+,22-,23+/m1/s1/i2D3. The van der Waals surface area contributed by atoms with E-state index in [0.29, 0.717) is 12.0 Å². The fraction of sp³-hybridized carbons (Fsp3) is 0.478. The van der Waals surface area contributed by atoms with Gasteiger partial charge in [-0.3, -0.25) is 0 Å². The number of hydrogen-bond donors (Lipinski definition) is 4. The van der Waals surface area contributed by atoms with Crippen LogP contribution in [0.2, 0.25) is 5.02 Å². The van der Waals surface area contributed by atoms with Crippen LogP contribution < -0.4 is 4.74 Å². The number of aryl methyl sites for hydroxylation is 1.